The van der Waals surface area contributed by atoms with Gasteiger partial charge in [-0.05, 0) is 50.4 Å². The third-order valence-electron chi connectivity index (χ3n) is 4.70. The van der Waals surface area contributed by atoms with Gasteiger partial charge >= 0.3 is 0 Å². The SMILES string of the molecule is COCC1CC(C2CCC(C)CC2)CC(C)O1. The predicted molar refractivity (Wildman–Crippen MR) is 70.1 cm³/mol. The molecule has 0 aromatic carbocycles. The monoisotopic (exact) mass is 240 g/mol. The van der Waals surface area contributed by atoms with E-state index in [1.807, 2.05) is 0 Å². The lowest BCUT2D eigenvalue weighted by atomic mass is 9.72. The van der Waals surface area contributed by atoms with E-state index >= 15 is 0 Å². The Morgan fingerprint density at radius 2 is 1.71 bits per heavy atom. The molecule has 1 aliphatic heterocycles. The number of methoxy groups -OCH3 is 1. The van der Waals surface area contributed by atoms with Crippen LogP contribution in [-0.4, -0.2) is 25.9 Å². The van der Waals surface area contributed by atoms with Gasteiger partial charge < -0.3 is 9.47 Å². The zero-order chi connectivity index (χ0) is 12.3. The maximum absolute atomic E-state index is 5.94. The zero-order valence-corrected chi connectivity index (χ0v) is 11.7. The Kier molecular flexibility index (Phi) is 4.87. The van der Waals surface area contributed by atoms with Crippen LogP contribution in [0.5, 0.6) is 0 Å². The Morgan fingerprint density at radius 3 is 2.35 bits per heavy atom. The molecule has 2 fully saturated rings. The largest absolute Gasteiger partial charge is 0.382 e. The molecule has 1 heterocycles. The summed E-state index contributed by atoms with van der Waals surface area (Å²) in [5.41, 5.74) is 0. The molecule has 1 saturated heterocycles. The highest BCUT2D eigenvalue weighted by atomic mass is 16.5. The minimum atomic E-state index is 0.341. The molecule has 0 radical (unpaired) electrons. The summed E-state index contributed by atoms with van der Waals surface area (Å²) in [5.74, 6) is 2.79. The van der Waals surface area contributed by atoms with Gasteiger partial charge in [0.25, 0.3) is 0 Å². The lowest BCUT2D eigenvalue weighted by Gasteiger charge is -2.40. The van der Waals surface area contributed by atoms with Crippen LogP contribution in [0.3, 0.4) is 0 Å². The molecule has 3 atom stereocenters. The van der Waals surface area contributed by atoms with E-state index in [2.05, 4.69) is 13.8 Å². The first-order valence-corrected chi connectivity index (χ1v) is 7.33. The summed E-state index contributed by atoms with van der Waals surface area (Å²) in [6.07, 6.45) is 9.00. The van der Waals surface area contributed by atoms with E-state index in [9.17, 15) is 0 Å². The van der Waals surface area contributed by atoms with Crippen molar-refractivity contribution in [2.24, 2.45) is 17.8 Å². The second-order valence-corrected chi connectivity index (χ2v) is 6.28. The third kappa shape index (κ3) is 3.69. The van der Waals surface area contributed by atoms with E-state index in [0.29, 0.717) is 12.2 Å². The molecule has 0 bridgehead atoms. The standard InChI is InChI=1S/C15H28O2/c1-11-4-6-13(7-5-11)14-8-12(2)17-15(9-14)10-16-3/h11-15H,4-10H2,1-3H3. The molecule has 2 aliphatic rings. The Bertz CT molecular complexity index is 221. The molecule has 17 heavy (non-hydrogen) atoms. The quantitative estimate of drug-likeness (QED) is 0.750. The summed E-state index contributed by atoms with van der Waals surface area (Å²) in [7, 11) is 1.78. The van der Waals surface area contributed by atoms with Crippen molar-refractivity contribution in [3.8, 4) is 0 Å². The fraction of sp³-hybridized carbons (Fsp3) is 1.00. The fourth-order valence-electron chi connectivity index (χ4n) is 3.74. The van der Waals surface area contributed by atoms with E-state index < -0.39 is 0 Å². The summed E-state index contributed by atoms with van der Waals surface area (Å²) < 4.78 is 11.2. The number of hydrogen-bond donors (Lipinski definition) is 0. The minimum Gasteiger partial charge on any atom is -0.382 e. The van der Waals surface area contributed by atoms with Gasteiger partial charge in [0.15, 0.2) is 0 Å². The molecular formula is C15H28O2. The van der Waals surface area contributed by atoms with Crippen LogP contribution in [0.2, 0.25) is 0 Å². The predicted octanol–water partition coefficient (Wildman–Crippen LogP) is 3.64. The molecule has 0 amide bonds. The Hall–Kier alpha value is -0.0800. The summed E-state index contributed by atoms with van der Waals surface area (Å²) >= 11 is 0. The van der Waals surface area contributed by atoms with Crippen LogP contribution in [0.4, 0.5) is 0 Å². The van der Waals surface area contributed by atoms with E-state index in [0.717, 1.165) is 24.4 Å². The first-order valence-electron chi connectivity index (χ1n) is 7.33. The van der Waals surface area contributed by atoms with Crippen molar-refractivity contribution in [2.45, 2.75) is 64.6 Å². The summed E-state index contributed by atoms with van der Waals surface area (Å²) in [6, 6.07) is 0. The topological polar surface area (TPSA) is 18.5 Å². The van der Waals surface area contributed by atoms with Crippen LogP contribution in [0.25, 0.3) is 0 Å². The Labute approximate surface area is 106 Å². The number of rotatable bonds is 3. The van der Waals surface area contributed by atoms with Gasteiger partial charge in [-0.25, -0.2) is 0 Å². The van der Waals surface area contributed by atoms with Crippen molar-refractivity contribution in [2.75, 3.05) is 13.7 Å². The Morgan fingerprint density at radius 1 is 1.00 bits per heavy atom. The fourth-order valence-corrected chi connectivity index (χ4v) is 3.74. The van der Waals surface area contributed by atoms with Gasteiger partial charge in [-0.15, -0.1) is 0 Å². The van der Waals surface area contributed by atoms with Crippen molar-refractivity contribution < 1.29 is 9.47 Å². The molecule has 0 aromatic heterocycles. The van der Waals surface area contributed by atoms with Crippen LogP contribution in [0.1, 0.15) is 52.4 Å². The van der Waals surface area contributed by atoms with Crippen molar-refractivity contribution in [1.82, 2.24) is 0 Å². The van der Waals surface area contributed by atoms with Gasteiger partial charge in [-0.3, -0.25) is 0 Å². The second kappa shape index (κ2) is 6.19. The van der Waals surface area contributed by atoms with Crippen LogP contribution in [-0.2, 0) is 9.47 Å². The molecule has 2 nitrogen and oxygen atoms in total. The van der Waals surface area contributed by atoms with Gasteiger partial charge in [0, 0.05) is 7.11 Å². The molecule has 0 spiro atoms. The van der Waals surface area contributed by atoms with Gasteiger partial charge in [-0.2, -0.15) is 0 Å². The Balaban J connectivity index is 1.86. The second-order valence-electron chi connectivity index (χ2n) is 6.28. The average Bonchev–Trinajstić information content (AvgIpc) is 2.29. The van der Waals surface area contributed by atoms with Crippen molar-refractivity contribution in [3.05, 3.63) is 0 Å². The molecular weight excluding hydrogens is 212 g/mol. The maximum atomic E-state index is 5.94. The molecule has 1 saturated carbocycles. The first-order chi connectivity index (χ1) is 8.19. The van der Waals surface area contributed by atoms with Gasteiger partial charge in [0.2, 0.25) is 0 Å². The van der Waals surface area contributed by atoms with E-state index in [-0.39, 0.29) is 0 Å². The van der Waals surface area contributed by atoms with E-state index in [1.165, 1.54) is 38.5 Å². The van der Waals surface area contributed by atoms with Crippen molar-refractivity contribution >= 4 is 0 Å². The van der Waals surface area contributed by atoms with E-state index in [1.54, 1.807) is 7.11 Å². The maximum Gasteiger partial charge on any atom is 0.0814 e. The van der Waals surface area contributed by atoms with Crippen LogP contribution in [0.15, 0.2) is 0 Å². The highest BCUT2D eigenvalue weighted by molar-refractivity contribution is 4.83. The zero-order valence-electron chi connectivity index (χ0n) is 11.7. The van der Waals surface area contributed by atoms with Gasteiger partial charge in [-0.1, -0.05) is 19.8 Å². The molecule has 1 aliphatic carbocycles. The molecule has 3 unspecified atom stereocenters. The highest BCUT2D eigenvalue weighted by Crippen LogP contribution is 2.39. The molecule has 100 valence electrons. The van der Waals surface area contributed by atoms with E-state index in [4.69, 9.17) is 9.47 Å². The normalized spacial score (nSPS) is 43.6. The highest BCUT2D eigenvalue weighted by Gasteiger charge is 2.33. The van der Waals surface area contributed by atoms with Crippen molar-refractivity contribution in [1.29, 1.82) is 0 Å². The number of ether oxygens (including phenoxy) is 2. The molecule has 2 heteroatoms. The molecule has 0 aromatic rings. The lowest BCUT2D eigenvalue weighted by molar-refractivity contribution is -0.101. The summed E-state index contributed by atoms with van der Waals surface area (Å²) in [6.45, 7) is 5.39. The molecule has 2 rings (SSSR count). The van der Waals surface area contributed by atoms with Crippen LogP contribution in [0, 0.1) is 17.8 Å². The van der Waals surface area contributed by atoms with Crippen LogP contribution < -0.4 is 0 Å². The molecule has 0 N–H and O–H groups in total. The van der Waals surface area contributed by atoms with Gasteiger partial charge in [0.1, 0.15) is 0 Å². The smallest absolute Gasteiger partial charge is 0.0814 e. The lowest BCUT2D eigenvalue weighted by Crippen LogP contribution is -2.37. The average molecular weight is 240 g/mol. The third-order valence-corrected chi connectivity index (χ3v) is 4.70. The van der Waals surface area contributed by atoms with Gasteiger partial charge in [0.05, 0.1) is 18.8 Å². The minimum absolute atomic E-state index is 0.341. The van der Waals surface area contributed by atoms with Crippen LogP contribution >= 0.6 is 0 Å². The number of hydrogen-bond acceptors (Lipinski definition) is 2. The summed E-state index contributed by atoms with van der Waals surface area (Å²) in [5, 5.41) is 0. The van der Waals surface area contributed by atoms with Crippen molar-refractivity contribution in [3.63, 3.8) is 0 Å². The first kappa shape index (κ1) is 13.4. The summed E-state index contributed by atoms with van der Waals surface area (Å²) in [4.78, 5) is 0.